The zero-order valence-corrected chi connectivity index (χ0v) is 12.1. The monoisotopic (exact) mass is 259 g/mol. The van der Waals surface area contributed by atoms with E-state index in [1.807, 2.05) is 0 Å². The fourth-order valence-corrected chi connectivity index (χ4v) is 3.29. The first-order valence-corrected chi connectivity index (χ1v) is 7.41. The van der Waals surface area contributed by atoms with Crippen molar-refractivity contribution in [2.24, 2.45) is 0 Å². The van der Waals surface area contributed by atoms with Crippen LogP contribution >= 0.6 is 0 Å². The number of hydrogen-bond acceptors (Lipinski definition) is 3. The van der Waals surface area contributed by atoms with E-state index in [0.29, 0.717) is 6.04 Å². The van der Waals surface area contributed by atoms with Crippen molar-refractivity contribution in [3.63, 3.8) is 0 Å². The quantitative estimate of drug-likeness (QED) is 0.875. The van der Waals surface area contributed by atoms with E-state index in [2.05, 4.69) is 53.5 Å². The summed E-state index contributed by atoms with van der Waals surface area (Å²) in [5.41, 5.74) is 3.10. The van der Waals surface area contributed by atoms with E-state index in [4.69, 9.17) is 0 Å². The van der Waals surface area contributed by atoms with Gasteiger partial charge in [-0.3, -0.25) is 4.90 Å². The third-order valence-electron chi connectivity index (χ3n) is 4.71. The Labute approximate surface area is 116 Å². The molecule has 1 aliphatic heterocycles. The Morgan fingerprint density at radius 1 is 1.16 bits per heavy atom. The predicted molar refractivity (Wildman–Crippen MR) is 79.7 cm³/mol. The van der Waals surface area contributed by atoms with Gasteiger partial charge in [0.15, 0.2) is 0 Å². The topological polar surface area (TPSA) is 18.5 Å². The van der Waals surface area contributed by atoms with Crippen molar-refractivity contribution in [2.45, 2.75) is 18.4 Å². The number of likely N-dealkylation sites (N-methyl/N-ethyl adjacent to an activating group) is 2. The summed E-state index contributed by atoms with van der Waals surface area (Å²) in [5, 5.41) is 3.68. The highest BCUT2D eigenvalue weighted by Crippen LogP contribution is 2.33. The average molecular weight is 259 g/mol. The third kappa shape index (κ3) is 2.83. The Morgan fingerprint density at radius 3 is 2.84 bits per heavy atom. The minimum Gasteiger partial charge on any atom is -0.315 e. The Morgan fingerprint density at radius 2 is 2.00 bits per heavy atom. The molecule has 0 radical (unpaired) electrons. The molecule has 1 N–H and O–H groups in total. The highest BCUT2D eigenvalue weighted by Gasteiger charge is 2.26. The van der Waals surface area contributed by atoms with Crippen LogP contribution in [-0.2, 0) is 6.42 Å². The van der Waals surface area contributed by atoms with E-state index >= 15 is 0 Å². The number of benzene rings is 1. The Kier molecular flexibility index (Phi) is 3.87. The molecule has 3 heteroatoms. The molecular weight excluding hydrogens is 234 g/mol. The van der Waals surface area contributed by atoms with E-state index in [-0.39, 0.29) is 0 Å². The summed E-state index contributed by atoms with van der Waals surface area (Å²) >= 11 is 0. The normalized spacial score (nSPS) is 27.9. The molecule has 1 aromatic rings. The minimum absolute atomic E-state index is 0.661. The van der Waals surface area contributed by atoms with Gasteiger partial charge in [-0.15, -0.1) is 0 Å². The van der Waals surface area contributed by atoms with Gasteiger partial charge >= 0.3 is 0 Å². The Hall–Kier alpha value is -0.900. The molecule has 3 nitrogen and oxygen atoms in total. The maximum atomic E-state index is 3.68. The highest BCUT2D eigenvalue weighted by atomic mass is 15.3. The van der Waals surface area contributed by atoms with Crippen molar-refractivity contribution in [3.05, 3.63) is 35.4 Å². The lowest BCUT2D eigenvalue weighted by Gasteiger charge is -2.38. The summed E-state index contributed by atoms with van der Waals surface area (Å²) in [6.45, 7) is 5.81. The van der Waals surface area contributed by atoms with Crippen molar-refractivity contribution in [1.82, 2.24) is 15.1 Å². The van der Waals surface area contributed by atoms with E-state index in [0.717, 1.165) is 19.0 Å². The average Bonchev–Trinajstić information content (AvgIpc) is 2.39. The molecule has 0 amide bonds. The number of nitrogens with zero attached hydrogens (tertiary/aromatic N) is 2. The molecule has 1 heterocycles. The molecule has 2 aliphatic rings. The molecule has 104 valence electrons. The molecule has 2 atom stereocenters. The first-order valence-electron chi connectivity index (χ1n) is 7.41. The second kappa shape index (κ2) is 5.61. The SMILES string of the molecule is CN1CCN(C)C(CNCC2Cc3ccccc32)C1. The smallest absolute Gasteiger partial charge is 0.0345 e. The van der Waals surface area contributed by atoms with Gasteiger partial charge in [0.1, 0.15) is 0 Å². The summed E-state index contributed by atoms with van der Waals surface area (Å²) in [4.78, 5) is 4.92. The van der Waals surface area contributed by atoms with Crippen molar-refractivity contribution in [3.8, 4) is 0 Å². The molecule has 1 fully saturated rings. The van der Waals surface area contributed by atoms with Gasteiger partial charge in [-0.1, -0.05) is 24.3 Å². The molecule has 2 unspecified atom stereocenters. The standard InChI is InChI=1S/C16H25N3/c1-18-7-8-19(2)15(12-18)11-17-10-14-9-13-5-3-4-6-16(13)14/h3-6,14-15,17H,7-12H2,1-2H3. The first kappa shape index (κ1) is 13.1. The number of fused-ring (bicyclic) bond motifs is 1. The fraction of sp³-hybridized carbons (Fsp3) is 0.625. The van der Waals surface area contributed by atoms with E-state index in [9.17, 15) is 0 Å². The van der Waals surface area contributed by atoms with Crippen LogP contribution < -0.4 is 5.32 Å². The van der Waals surface area contributed by atoms with Gasteiger partial charge in [-0.2, -0.15) is 0 Å². The second-order valence-electron chi connectivity index (χ2n) is 6.15. The van der Waals surface area contributed by atoms with Gasteiger partial charge in [-0.25, -0.2) is 0 Å². The van der Waals surface area contributed by atoms with Gasteiger partial charge in [-0.05, 0) is 31.6 Å². The molecule has 1 aromatic carbocycles. The second-order valence-corrected chi connectivity index (χ2v) is 6.15. The van der Waals surface area contributed by atoms with Crippen LogP contribution in [0, 0.1) is 0 Å². The number of rotatable bonds is 4. The van der Waals surface area contributed by atoms with Crippen LogP contribution in [0.5, 0.6) is 0 Å². The predicted octanol–water partition coefficient (Wildman–Crippen LogP) is 1.16. The molecule has 3 rings (SSSR count). The summed E-state index contributed by atoms with van der Waals surface area (Å²) in [6, 6.07) is 9.51. The lowest BCUT2D eigenvalue weighted by molar-refractivity contribution is 0.113. The summed E-state index contributed by atoms with van der Waals surface area (Å²) in [5.74, 6) is 0.739. The Balaban J connectivity index is 1.44. The van der Waals surface area contributed by atoms with Gasteiger partial charge in [0.25, 0.3) is 0 Å². The number of piperazine rings is 1. The maximum Gasteiger partial charge on any atom is 0.0345 e. The van der Waals surface area contributed by atoms with Crippen molar-refractivity contribution >= 4 is 0 Å². The lowest BCUT2D eigenvalue weighted by Crippen LogP contribution is -2.54. The van der Waals surface area contributed by atoms with Crippen LogP contribution in [-0.4, -0.2) is 62.7 Å². The summed E-state index contributed by atoms with van der Waals surface area (Å²) in [6.07, 6.45) is 1.25. The largest absolute Gasteiger partial charge is 0.315 e. The highest BCUT2D eigenvalue weighted by molar-refractivity contribution is 5.40. The fourth-order valence-electron chi connectivity index (χ4n) is 3.29. The summed E-state index contributed by atoms with van der Waals surface area (Å²) < 4.78 is 0. The minimum atomic E-state index is 0.661. The first-order chi connectivity index (χ1) is 9.24. The molecule has 0 saturated carbocycles. The summed E-state index contributed by atoms with van der Waals surface area (Å²) in [7, 11) is 4.47. The Bertz CT molecular complexity index is 432. The van der Waals surface area contributed by atoms with Gasteiger partial charge < -0.3 is 10.2 Å². The molecule has 0 bridgehead atoms. The third-order valence-corrected chi connectivity index (χ3v) is 4.71. The number of hydrogen-bond donors (Lipinski definition) is 1. The van der Waals surface area contributed by atoms with Crippen molar-refractivity contribution < 1.29 is 0 Å². The van der Waals surface area contributed by atoms with Crippen LogP contribution in [0.3, 0.4) is 0 Å². The molecule has 19 heavy (non-hydrogen) atoms. The lowest BCUT2D eigenvalue weighted by atomic mass is 9.77. The van der Waals surface area contributed by atoms with Gasteiger partial charge in [0.2, 0.25) is 0 Å². The number of nitrogens with one attached hydrogen (secondary N) is 1. The van der Waals surface area contributed by atoms with Crippen LogP contribution in [0.4, 0.5) is 0 Å². The maximum absolute atomic E-state index is 3.68. The zero-order valence-electron chi connectivity index (χ0n) is 12.1. The molecule has 0 spiro atoms. The van der Waals surface area contributed by atoms with Gasteiger partial charge in [0.05, 0.1) is 0 Å². The van der Waals surface area contributed by atoms with Crippen LogP contribution in [0.1, 0.15) is 17.0 Å². The van der Waals surface area contributed by atoms with Gasteiger partial charge in [0, 0.05) is 44.7 Å². The molecule has 1 aliphatic carbocycles. The van der Waals surface area contributed by atoms with Crippen molar-refractivity contribution in [1.29, 1.82) is 0 Å². The van der Waals surface area contributed by atoms with Crippen LogP contribution in [0.25, 0.3) is 0 Å². The van der Waals surface area contributed by atoms with E-state index in [1.54, 1.807) is 11.1 Å². The van der Waals surface area contributed by atoms with Crippen molar-refractivity contribution in [2.75, 3.05) is 46.8 Å². The molecule has 1 saturated heterocycles. The van der Waals surface area contributed by atoms with Crippen LogP contribution in [0.2, 0.25) is 0 Å². The molecule has 0 aromatic heterocycles. The van der Waals surface area contributed by atoms with Crippen LogP contribution in [0.15, 0.2) is 24.3 Å². The van der Waals surface area contributed by atoms with E-state index in [1.165, 1.54) is 26.1 Å². The molecular formula is C16H25N3. The van der Waals surface area contributed by atoms with E-state index < -0.39 is 0 Å². The zero-order chi connectivity index (χ0) is 13.2.